The number of hydrogen-bond donors (Lipinski definition) is 0. The average Bonchev–Trinajstić information content (AvgIpc) is 3.16. The summed E-state index contributed by atoms with van der Waals surface area (Å²) in [6.45, 7) is 0.821. The first-order chi connectivity index (χ1) is 12.8. The monoisotopic (exact) mass is 430 g/mol. The van der Waals surface area contributed by atoms with Crippen molar-refractivity contribution in [2.75, 3.05) is 13.1 Å². The Balaban J connectivity index is 1.87. The maximum Gasteiger partial charge on any atom is 0.312 e. The lowest BCUT2D eigenvalue weighted by atomic mass is 10.2. The maximum absolute atomic E-state index is 12.6. The van der Waals surface area contributed by atoms with Gasteiger partial charge in [-0.15, -0.1) is 0 Å². The summed E-state index contributed by atoms with van der Waals surface area (Å²) in [6, 6.07) is 8.48. The summed E-state index contributed by atoms with van der Waals surface area (Å²) >= 11 is 11.9. The molecule has 0 saturated carbocycles. The van der Waals surface area contributed by atoms with Gasteiger partial charge in [-0.05, 0) is 37.1 Å². The van der Waals surface area contributed by atoms with E-state index in [1.165, 1.54) is 16.4 Å². The van der Waals surface area contributed by atoms with Crippen LogP contribution < -0.4 is 4.74 Å². The van der Waals surface area contributed by atoms with Gasteiger partial charge >= 0.3 is 5.69 Å². The Labute approximate surface area is 166 Å². The van der Waals surface area contributed by atoms with Crippen molar-refractivity contribution < 1.29 is 18.1 Å². The predicted molar refractivity (Wildman–Crippen MR) is 102 cm³/mol. The fourth-order valence-corrected chi connectivity index (χ4v) is 4.79. The largest absolute Gasteiger partial charge is 0.482 e. The molecule has 0 atom stereocenters. The lowest BCUT2D eigenvalue weighted by Gasteiger charge is -2.16. The highest BCUT2D eigenvalue weighted by atomic mass is 35.5. The van der Waals surface area contributed by atoms with Crippen LogP contribution in [0.2, 0.25) is 10.0 Å². The van der Waals surface area contributed by atoms with Crippen LogP contribution in [0, 0.1) is 10.1 Å². The van der Waals surface area contributed by atoms with E-state index in [0.29, 0.717) is 28.7 Å². The average molecular weight is 431 g/mol. The van der Waals surface area contributed by atoms with E-state index >= 15 is 0 Å². The number of nitrogens with zero attached hydrogens (tertiary/aromatic N) is 2. The molecule has 0 spiro atoms. The second kappa shape index (κ2) is 8.02. The van der Waals surface area contributed by atoms with Crippen LogP contribution in [0.5, 0.6) is 5.75 Å². The van der Waals surface area contributed by atoms with Crippen LogP contribution in [0.25, 0.3) is 0 Å². The van der Waals surface area contributed by atoms with E-state index in [1.807, 2.05) is 0 Å². The van der Waals surface area contributed by atoms with E-state index in [-0.39, 0.29) is 17.3 Å². The van der Waals surface area contributed by atoms with Gasteiger partial charge in [-0.2, -0.15) is 4.31 Å². The fourth-order valence-electron chi connectivity index (χ4n) is 2.79. The molecule has 0 N–H and O–H groups in total. The number of rotatable bonds is 6. The minimum absolute atomic E-state index is 0.0188. The molecule has 1 saturated heterocycles. The van der Waals surface area contributed by atoms with Crippen LogP contribution in [0.1, 0.15) is 18.4 Å². The smallest absolute Gasteiger partial charge is 0.312 e. The van der Waals surface area contributed by atoms with Crippen LogP contribution in [0.4, 0.5) is 5.69 Å². The Hall–Kier alpha value is -1.87. The van der Waals surface area contributed by atoms with Gasteiger partial charge in [0.25, 0.3) is 0 Å². The Morgan fingerprint density at radius 3 is 2.44 bits per heavy atom. The van der Waals surface area contributed by atoms with Crippen molar-refractivity contribution in [3.05, 3.63) is 62.1 Å². The molecule has 1 fully saturated rings. The molecule has 7 nitrogen and oxygen atoms in total. The lowest BCUT2D eigenvalue weighted by Crippen LogP contribution is -2.27. The summed E-state index contributed by atoms with van der Waals surface area (Å²) in [5.74, 6) is -0.0358. The van der Waals surface area contributed by atoms with Crippen molar-refractivity contribution >= 4 is 38.9 Å². The van der Waals surface area contributed by atoms with Crippen LogP contribution in [-0.2, 0) is 16.6 Å². The van der Waals surface area contributed by atoms with Crippen molar-refractivity contribution in [1.82, 2.24) is 4.31 Å². The van der Waals surface area contributed by atoms with Gasteiger partial charge in [-0.1, -0.05) is 29.3 Å². The number of ether oxygens (including phenoxy) is 1. The second-order valence-electron chi connectivity index (χ2n) is 6.02. The molecule has 1 aliphatic rings. The molecule has 0 radical (unpaired) electrons. The molecule has 27 heavy (non-hydrogen) atoms. The lowest BCUT2D eigenvalue weighted by molar-refractivity contribution is -0.386. The Bertz CT molecular complexity index is 975. The topological polar surface area (TPSA) is 89.8 Å². The molecule has 0 amide bonds. The molecule has 144 valence electrons. The number of hydrogen-bond acceptors (Lipinski definition) is 5. The number of nitro groups is 1. The van der Waals surface area contributed by atoms with E-state index in [0.717, 1.165) is 18.9 Å². The highest BCUT2D eigenvalue weighted by molar-refractivity contribution is 7.89. The molecule has 2 aromatic carbocycles. The molecule has 0 aliphatic carbocycles. The molecule has 0 bridgehead atoms. The van der Waals surface area contributed by atoms with E-state index in [1.54, 1.807) is 18.2 Å². The number of halogens is 2. The van der Waals surface area contributed by atoms with Crippen LogP contribution in [0.15, 0.2) is 41.3 Å². The van der Waals surface area contributed by atoms with E-state index in [2.05, 4.69) is 0 Å². The molecular formula is C17H16Cl2N2O5S. The van der Waals surface area contributed by atoms with Crippen LogP contribution in [0.3, 0.4) is 0 Å². The van der Waals surface area contributed by atoms with Crippen molar-refractivity contribution in [3.8, 4) is 5.75 Å². The summed E-state index contributed by atoms with van der Waals surface area (Å²) in [4.78, 5) is 10.6. The van der Waals surface area contributed by atoms with Gasteiger partial charge in [0.1, 0.15) is 6.61 Å². The second-order valence-corrected chi connectivity index (χ2v) is 8.80. The summed E-state index contributed by atoms with van der Waals surface area (Å²) in [5, 5.41) is 12.3. The molecule has 0 aromatic heterocycles. The molecule has 2 aromatic rings. The Morgan fingerprint density at radius 2 is 1.81 bits per heavy atom. The zero-order valence-electron chi connectivity index (χ0n) is 14.1. The maximum atomic E-state index is 12.6. The molecular weight excluding hydrogens is 415 g/mol. The van der Waals surface area contributed by atoms with E-state index in [4.69, 9.17) is 27.9 Å². The molecule has 1 aliphatic heterocycles. The number of nitro benzene ring substituents is 1. The third-order valence-electron chi connectivity index (χ3n) is 4.23. The summed E-state index contributed by atoms with van der Waals surface area (Å²) in [7, 11) is -3.75. The highest BCUT2D eigenvalue weighted by Gasteiger charge is 2.29. The first-order valence-corrected chi connectivity index (χ1v) is 10.3. The van der Waals surface area contributed by atoms with Gasteiger partial charge in [-0.3, -0.25) is 10.1 Å². The highest BCUT2D eigenvalue weighted by Crippen LogP contribution is 2.33. The first-order valence-electron chi connectivity index (χ1n) is 8.14. The van der Waals surface area contributed by atoms with Crippen LogP contribution >= 0.6 is 23.2 Å². The van der Waals surface area contributed by atoms with Gasteiger partial charge in [-0.25, -0.2) is 8.42 Å². The molecule has 0 unspecified atom stereocenters. The first kappa shape index (κ1) is 19.9. The van der Waals surface area contributed by atoms with Crippen molar-refractivity contribution in [2.45, 2.75) is 24.3 Å². The summed E-state index contributed by atoms with van der Waals surface area (Å²) in [6.07, 6.45) is 1.56. The molecule has 1 heterocycles. The third-order valence-corrected chi connectivity index (χ3v) is 6.71. The van der Waals surface area contributed by atoms with Crippen LogP contribution in [-0.4, -0.2) is 30.7 Å². The van der Waals surface area contributed by atoms with Crippen molar-refractivity contribution in [3.63, 3.8) is 0 Å². The minimum atomic E-state index is -3.75. The van der Waals surface area contributed by atoms with Gasteiger partial charge in [0.2, 0.25) is 10.0 Å². The third kappa shape index (κ3) is 4.35. The normalized spacial score (nSPS) is 15.0. The van der Waals surface area contributed by atoms with Crippen molar-refractivity contribution in [1.29, 1.82) is 0 Å². The fraction of sp³-hybridized carbons (Fsp3) is 0.294. The number of benzene rings is 2. The Morgan fingerprint density at radius 1 is 1.11 bits per heavy atom. The summed E-state index contributed by atoms with van der Waals surface area (Å²) in [5.41, 5.74) is 0.185. The quantitative estimate of drug-likeness (QED) is 0.504. The van der Waals surface area contributed by atoms with Gasteiger partial charge in [0, 0.05) is 34.8 Å². The van der Waals surface area contributed by atoms with E-state index in [9.17, 15) is 18.5 Å². The van der Waals surface area contributed by atoms with E-state index < -0.39 is 20.6 Å². The minimum Gasteiger partial charge on any atom is -0.482 e. The summed E-state index contributed by atoms with van der Waals surface area (Å²) < 4.78 is 32.1. The van der Waals surface area contributed by atoms with Gasteiger partial charge in [0.15, 0.2) is 5.75 Å². The number of sulfonamides is 1. The van der Waals surface area contributed by atoms with Gasteiger partial charge < -0.3 is 4.74 Å². The van der Waals surface area contributed by atoms with Crippen molar-refractivity contribution in [2.24, 2.45) is 0 Å². The standard InChI is InChI=1S/C17H16Cl2N2O5S/c18-13-4-3-12(15(19)9-13)11-26-17-6-5-14(10-16(17)21(22)23)27(24,25)20-7-1-2-8-20/h3-6,9-10H,1-2,7-8,11H2. The Kier molecular flexibility index (Phi) is 5.90. The zero-order valence-corrected chi connectivity index (χ0v) is 16.4. The molecule has 10 heteroatoms. The zero-order chi connectivity index (χ0) is 19.6. The van der Waals surface area contributed by atoms with Gasteiger partial charge in [0.05, 0.1) is 9.82 Å². The predicted octanol–water partition coefficient (Wildman–Crippen LogP) is 4.27. The molecule has 3 rings (SSSR count). The SMILES string of the molecule is O=[N+]([O-])c1cc(S(=O)(=O)N2CCCC2)ccc1OCc1ccc(Cl)cc1Cl.